The molecule has 1 unspecified atom stereocenters. The molecule has 1 aliphatic carbocycles. The van der Waals surface area contributed by atoms with Crippen LogP contribution >= 0.6 is 0 Å². The van der Waals surface area contributed by atoms with Crippen LogP contribution in [0.15, 0.2) is 0 Å². The lowest BCUT2D eigenvalue weighted by atomic mass is 10.5. The minimum Gasteiger partial charge on any atom is -0.481 e. The van der Waals surface area contributed by atoms with Crippen molar-refractivity contribution >= 4 is 22.7 Å². The van der Waals surface area contributed by atoms with Crippen LogP contribution < -0.4 is 0 Å². The number of hydrogen-bond donors (Lipinski definition) is 1. The number of carbonyl (C=O) groups excluding carboxylic acids is 1. The van der Waals surface area contributed by atoms with E-state index in [4.69, 9.17) is 5.11 Å². The Morgan fingerprint density at radius 3 is 2.53 bits per heavy atom. The molecule has 0 heterocycles. The summed E-state index contributed by atoms with van der Waals surface area (Å²) in [5, 5.41) is 8.37. The Kier molecular flexibility index (Phi) is 4.26. The van der Waals surface area contributed by atoms with Crippen LogP contribution in [0.3, 0.4) is 0 Å². The summed E-state index contributed by atoms with van der Waals surface area (Å²) >= 11 is 0. The van der Waals surface area contributed by atoms with Crippen molar-refractivity contribution in [3.05, 3.63) is 0 Å². The molecule has 1 aliphatic rings. The summed E-state index contributed by atoms with van der Waals surface area (Å²) in [6.45, 7) is 0. The fraction of sp³-hybridized carbons (Fsp3) is 0.778. The third-order valence-corrected chi connectivity index (χ3v) is 3.54. The van der Waals surface area contributed by atoms with Crippen molar-refractivity contribution in [3.8, 4) is 0 Å². The Balaban J connectivity index is 2.24. The van der Waals surface area contributed by atoms with Gasteiger partial charge in [0.25, 0.3) is 0 Å². The molecule has 0 aliphatic heterocycles. The first-order valence-electron chi connectivity index (χ1n) is 4.83. The molecule has 0 bridgehead atoms. The zero-order valence-corrected chi connectivity index (χ0v) is 9.46. The molecule has 0 aromatic heterocycles. The van der Waals surface area contributed by atoms with Crippen molar-refractivity contribution in [2.24, 2.45) is 0 Å². The number of nitrogens with zero attached hydrogens (tertiary/aromatic N) is 1. The summed E-state index contributed by atoms with van der Waals surface area (Å²) in [5.41, 5.74) is 0. The van der Waals surface area contributed by atoms with Crippen LogP contribution in [0.1, 0.15) is 19.3 Å². The normalized spacial score (nSPS) is 17.1. The van der Waals surface area contributed by atoms with Crippen molar-refractivity contribution in [1.82, 2.24) is 4.90 Å². The van der Waals surface area contributed by atoms with E-state index in [1.807, 2.05) is 0 Å². The molecule has 1 rings (SSSR count). The number of aliphatic carboxylic acids is 1. The predicted octanol–water partition coefficient (Wildman–Crippen LogP) is -0.169. The molecule has 1 amide bonds. The SMILES string of the molecule is CN(C(=O)CS(=O)CCC(=O)O)C1CC1. The molecular weight excluding hydrogens is 218 g/mol. The lowest BCUT2D eigenvalue weighted by molar-refractivity contribution is -0.136. The number of carboxylic acids is 1. The van der Waals surface area contributed by atoms with E-state index in [-0.39, 0.29) is 23.8 Å². The van der Waals surface area contributed by atoms with E-state index < -0.39 is 16.8 Å². The molecule has 1 atom stereocenters. The van der Waals surface area contributed by atoms with Gasteiger partial charge in [0.2, 0.25) is 5.91 Å². The van der Waals surface area contributed by atoms with E-state index in [2.05, 4.69) is 0 Å². The topological polar surface area (TPSA) is 74.7 Å². The van der Waals surface area contributed by atoms with E-state index in [1.54, 1.807) is 11.9 Å². The van der Waals surface area contributed by atoms with Crippen LogP contribution in [0.25, 0.3) is 0 Å². The highest BCUT2D eigenvalue weighted by Gasteiger charge is 2.29. The Morgan fingerprint density at radius 2 is 2.07 bits per heavy atom. The molecule has 6 heteroatoms. The molecule has 1 fully saturated rings. The van der Waals surface area contributed by atoms with Crippen molar-refractivity contribution in [1.29, 1.82) is 0 Å². The third-order valence-electron chi connectivity index (χ3n) is 2.32. The minimum absolute atomic E-state index is 0.0551. The summed E-state index contributed by atoms with van der Waals surface area (Å²) in [4.78, 5) is 23.3. The molecule has 86 valence electrons. The van der Waals surface area contributed by atoms with E-state index in [1.165, 1.54) is 0 Å². The van der Waals surface area contributed by atoms with Crippen molar-refractivity contribution < 1.29 is 18.9 Å². The van der Waals surface area contributed by atoms with Crippen LogP contribution in [0, 0.1) is 0 Å². The molecule has 1 saturated carbocycles. The van der Waals surface area contributed by atoms with Gasteiger partial charge in [-0.15, -0.1) is 0 Å². The smallest absolute Gasteiger partial charge is 0.304 e. The molecular formula is C9H15NO4S. The molecule has 0 saturated heterocycles. The summed E-state index contributed by atoms with van der Waals surface area (Å²) in [7, 11) is 0.351. The molecule has 15 heavy (non-hydrogen) atoms. The Bertz CT molecular complexity index is 288. The first-order valence-corrected chi connectivity index (χ1v) is 6.32. The number of rotatable bonds is 6. The highest BCUT2D eigenvalue weighted by atomic mass is 32.2. The fourth-order valence-corrected chi connectivity index (χ4v) is 2.20. The quantitative estimate of drug-likeness (QED) is 0.691. The lowest BCUT2D eigenvalue weighted by Gasteiger charge is -2.15. The van der Waals surface area contributed by atoms with Gasteiger partial charge < -0.3 is 10.0 Å². The number of carboxylic acid groups (broad SMARTS) is 1. The molecule has 0 radical (unpaired) electrons. The first-order chi connectivity index (χ1) is 7.00. The van der Waals surface area contributed by atoms with Crippen LogP contribution in [-0.4, -0.2) is 50.7 Å². The molecule has 1 N–H and O–H groups in total. The zero-order valence-electron chi connectivity index (χ0n) is 8.64. The largest absolute Gasteiger partial charge is 0.481 e. The summed E-state index contributed by atoms with van der Waals surface area (Å²) in [6, 6.07) is 0.314. The lowest BCUT2D eigenvalue weighted by Crippen LogP contribution is -2.33. The van der Waals surface area contributed by atoms with Gasteiger partial charge in [-0.05, 0) is 12.8 Å². The van der Waals surface area contributed by atoms with Crippen LogP contribution in [0.4, 0.5) is 0 Å². The summed E-state index contributed by atoms with van der Waals surface area (Å²) in [5.74, 6) is -1.13. The van der Waals surface area contributed by atoms with Crippen LogP contribution in [-0.2, 0) is 20.4 Å². The van der Waals surface area contributed by atoms with E-state index >= 15 is 0 Å². The van der Waals surface area contributed by atoms with Gasteiger partial charge in [0.1, 0.15) is 5.75 Å². The van der Waals surface area contributed by atoms with Crippen molar-refractivity contribution in [3.63, 3.8) is 0 Å². The van der Waals surface area contributed by atoms with Gasteiger partial charge in [-0.3, -0.25) is 13.8 Å². The van der Waals surface area contributed by atoms with Gasteiger partial charge in [-0.25, -0.2) is 0 Å². The van der Waals surface area contributed by atoms with Gasteiger partial charge >= 0.3 is 5.97 Å². The number of carbonyl (C=O) groups is 2. The second kappa shape index (κ2) is 5.25. The number of hydrogen-bond acceptors (Lipinski definition) is 3. The maximum absolute atomic E-state index is 11.5. The number of amides is 1. The predicted molar refractivity (Wildman–Crippen MR) is 55.9 cm³/mol. The first kappa shape index (κ1) is 12.2. The summed E-state index contributed by atoms with van der Waals surface area (Å²) in [6.07, 6.45) is 1.89. The van der Waals surface area contributed by atoms with E-state index in [9.17, 15) is 13.8 Å². The minimum atomic E-state index is -1.35. The Labute approximate surface area is 90.9 Å². The highest BCUT2D eigenvalue weighted by molar-refractivity contribution is 7.85. The standard InChI is InChI=1S/C9H15NO4S/c1-10(7-2-3-7)8(11)6-15(14)5-4-9(12)13/h7H,2-6H2,1H3,(H,12,13). The van der Waals surface area contributed by atoms with Crippen LogP contribution in [0.2, 0.25) is 0 Å². The summed E-state index contributed by atoms with van der Waals surface area (Å²) < 4.78 is 11.3. The van der Waals surface area contributed by atoms with Crippen LogP contribution in [0.5, 0.6) is 0 Å². The Hall–Kier alpha value is -0.910. The van der Waals surface area contributed by atoms with Gasteiger partial charge in [-0.1, -0.05) is 0 Å². The zero-order chi connectivity index (χ0) is 11.4. The average molecular weight is 233 g/mol. The molecule has 0 aromatic rings. The second-order valence-corrected chi connectivity index (χ2v) is 5.24. The van der Waals surface area contributed by atoms with Gasteiger partial charge in [0.05, 0.1) is 6.42 Å². The monoisotopic (exact) mass is 233 g/mol. The highest BCUT2D eigenvalue weighted by Crippen LogP contribution is 2.25. The maximum atomic E-state index is 11.5. The third kappa shape index (κ3) is 4.42. The fourth-order valence-electron chi connectivity index (χ4n) is 1.18. The molecule has 0 aromatic carbocycles. The Morgan fingerprint density at radius 1 is 1.47 bits per heavy atom. The maximum Gasteiger partial charge on any atom is 0.304 e. The van der Waals surface area contributed by atoms with Gasteiger partial charge in [-0.2, -0.15) is 0 Å². The molecule has 5 nitrogen and oxygen atoms in total. The average Bonchev–Trinajstić information content (AvgIpc) is 2.96. The van der Waals surface area contributed by atoms with Gasteiger partial charge in [0, 0.05) is 29.6 Å². The van der Waals surface area contributed by atoms with Crippen molar-refractivity contribution in [2.75, 3.05) is 18.6 Å². The second-order valence-electron chi connectivity index (χ2n) is 3.67. The van der Waals surface area contributed by atoms with Crippen molar-refractivity contribution in [2.45, 2.75) is 25.3 Å². The van der Waals surface area contributed by atoms with E-state index in [0.717, 1.165) is 12.8 Å². The van der Waals surface area contributed by atoms with Gasteiger partial charge in [0.15, 0.2) is 0 Å². The van der Waals surface area contributed by atoms with E-state index in [0.29, 0.717) is 6.04 Å². The molecule has 0 spiro atoms.